The quantitative estimate of drug-likeness (QED) is 0.634. The fraction of sp³-hybridized carbons (Fsp3) is 0.545. The van der Waals surface area contributed by atoms with Crippen molar-refractivity contribution in [2.24, 2.45) is 0 Å². The largest absolute Gasteiger partial charge is 0.476 e. The molecule has 0 aliphatic carbocycles. The Morgan fingerprint density at radius 3 is 3.00 bits per heavy atom. The van der Waals surface area contributed by atoms with Crippen LogP contribution in [-0.2, 0) is 0 Å². The summed E-state index contributed by atoms with van der Waals surface area (Å²) in [5.74, 6) is 0.433. The maximum Gasteiger partial charge on any atom is 0.287 e. The minimum absolute atomic E-state index is 0.0202. The predicted octanol–water partition coefficient (Wildman–Crippen LogP) is 1.51. The van der Waals surface area contributed by atoms with Gasteiger partial charge in [0.05, 0.1) is 4.92 Å². The zero-order valence-electron chi connectivity index (χ0n) is 9.46. The van der Waals surface area contributed by atoms with E-state index in [1.807, 2.05) is 0 Å². The van der Waals surface area contributed by atoms with Gasteiger partial charge in [-0.05, 0) is 19.4 Å². The van der Waals surface area contributed by atoms with Gasteiger partial charge in [0.25, 0.3) is 5.69 Å². The number of nitrogens with one attached hydrogen (secondary N) is 1. The van der Waals surface area contributed by atoms with Gasteiger partial charge in [-0.3, -0.25) is 10.1 Å². The Labute approximate surface area is 99.2 Å². The SMILES string of the molecule is O=[N+]([O-])c1ccc(OCC2CCCCN2)nc1. The molecule has 1 fully saturated rings. The fourth-order valence-corrected chi connectivity index (χ4v) is 1.82. The van der Waals surface area contributed by atoms with Crippen molar-refractivity contribution in [3.8, 4) is 5.88 Å². The first-order valence-electron chi connectivity index (χ1n) is 5.72. The summed E-state index contributed by atoms with van der Waals surface area (Å²) in [6.45, 7) is 1.59. The molecule has 1 unspecified atom stereocenters. The van der Waals surface area contributed by atoms with E-state index in [-0.39, 0.29) is 5.69 Å². The summed E-state index contributed by atoms with van der Waals surface area (Å²) >= 11 is 0. The highest BCUT2D eigenvalue weighted by Crippen LogP contribution is 2.14. The number of piperidine rings is 1. The van der Waals surface area contributed by atoms with E-state index in [1.165, 1.54) is 31.2 Å². The average Bonchev–Trinajstić information content (AvgIpc) is 2.38. The number of rotatable bonds is 4. The standard InChI is InChI=1S/C11H15N3O3/c15-14(16)10-4-5-11(13-7-10)17-8-9-3-1-2-6-12-9/h4-5,7,9,12H,1-3,6,8H2. The third kappa shape index (κ3) is 3.39. The lowest BCUT2D eigenvalue weighted by atomic mass is 10.1. The van der Waals surface area contributed by atoms with Crippen LogP contribution < -0.4 is 10.1 Å². The number of nitrogens with zero attached hydrogens (tertiary/aromatic N) is 2. The molecule has 17 heavy (non-hydrogen) atoms. The van der Waals surface area contributed by atoms with E-state index in [1.54, 1.807) is 0 Å². The van der Waals surface area contributed by atoms with Gasteiger partial charge in [0.15, 0.2) is 0 Å². The topological polar surface area (TPSA) is 77.3 Å². The lowest BCUT2D eigenvalue weighted by Crippen LogP contribution is -2.38. The average molecular weight is 237 g/mol. The molecule has 92 valence electrons. The zero-order valence-corrected chi connectivity index (χ0v) is 9.46. The molecular formula is C11H15N3O3. The molecule has 0 bridgehead atoms. The Morgan fingerprint density at radius 1 is 1.53 bits per heavy atom. The summed E-state index contributed by atoms with van der Waals surface area (Å²) in [5, 5.41) is 13.8. The molecule has 0 amide bonds. The van der Waals surface area contributed by atoms with Crippen molar-refractivity contribution in [3.05, 3.63) is 28.4 Å². The summed E-state index contributed by atoms with van der Waals surface area (Å²) < 4.78 is 5.48. The minimum Gasteiger partial charge on any atom is -0.476 e. The Morgan fingerprint density at radius 2 is 2.41 bits per heavy atom. The van der Waals surface area contributed by atoms with Crippen LogP contribution in [0.3, 0.4) is 0 Å². The Bertz CT molecular complexity index is 374. The molecule has 2 rings (SSSR count). The van der Waals surface area contributed by atoms with Crippen molar-refractivity contribution >= 4 is 5.69 Å². The van der Waals surface area contributed by atoms with Gasteiger partial charge >= 0.3 is 0 Å². The highest BCUT2D eigenvalue weighted by atomic mass is 16.6. The van der Waals surface area contributed by atoms with Gasteiger partial charge in [0.2, 0.25) is 5.88 Å². The molecular weight excluding hydrogens is 222 g/mol. The summed E-state index contributed by atoms with van der Waals surface area (Å²) in [7, 11) is 0. The number of nitro groups is 1. The molecule has 1 aromatic heterocycles. The third-order valence-corrected chi connectivity index (χ3v) is 2.78. The molecule has 1 aromatic rings. The van der Waals surface area contributed by atoms with Crippen molar-refractivity contribution in [3.63, 3.8) is 0 Å². The maximum absolute atomic E-state index is 10.4. The molecule has 6 heteroatoms. The van der Waals surface area contributed by atoms with E-state index >= 15 is 0 Å². The Balaban J connectivity index is 1.84. The molecule has 1 saturated heterocycles. The van der Waals surface area contributed by atoms with Crippen molar-refractivity contribution < 1.29 is 9.66 Å². The molecule has 2 heterocycles. The lowest BCUT2D eigenvalue weighted by molar-refractivity contribution is -0.385. The highest BCUT2D eigenvalue weighted by Gasteiger charge is 2.13. The number of hydrogen-bond donors (Lipinski definition) is 1. The molecule has 1 N–H and O–H groups in total. The summed E-state index contributed by atoms with van der Waals surface area (Å²) in [5.41, 5.74) is -0.0202. The second-order valence-electron chi connectivity index (χ2n) is 4.07. The first-order chi connectivity index (χ1) is 8.25. The fourth-order valence-electron chi connectivity index (χ4n) is 1.82. The molecule has 0 spiro atoms. The van der Waals surface area contributed by atoms with Crippen LogP contribution in [0.2, 0.25) is 0 Å². The first kappa shape index (κ1) is 11.8. The molecule has 0 aromatic carbocycles. The van der Waals surface area contributed by atoms with E-state index in [4.69, 9.17) is 4.74 Å². The number of hydrogen-bond acceptors (Lipinski definition) is 5. The molecule has 0 saturated carbocycles. The monoisotopic (exact) mass is 237 g/mol. The van der Waals surface area contributed by atoms with Gasteiger partial charge in [-0.1, -0.05) is 6.42 Å². The molecule has 6 nitrogen and oxygen atoms in total. The minimum atomic E-state index is -0.473. The maximum atomic E-state index is 10.4. The lowest BCUT2D eigenvalue weighted by Gasteiger charge is -2.23. The van der Waals surface area contributed by atoms with Crippen molar-refractivity contribution in [2.75, 3.05) is 13.2 Å². The van der Waals surface area contributed by atoms with Crippen LogP contribution in [0.5, 0.6) is 5.88 Å². The third-order valence-electron chi connectivity index (χ3n) is 2.78. The van der Waals surface area contributed by atoms with Crippen LogP contribution in [0.4, 0.5) is 5.69 Å². The van der Waals surface area contributed by atoms with E-state index in [9.17, 15) is 10.1 Å². The van der Waals surface area contributed by atoms with Crippen LogP contribution >= 0.6 is 0 Å². The first-order valence-corrected chi connectivity index (χ1v) is 5.72. The van der Waals surface area contributed by atoms with Gasteiger partial charge in [0.1, 0.15) is 12.8 Å². The normalized spacial score (nSPS) is 19.9. The van der Waals surface area contributed by atoms with E-state index < -0.39 is 4.92 Å². The van der Waals surface area contributed by atoms with Crippen molar-refractivity contribution in [2.45, 2.75) is 25.3 Å². The van der Waals surface area contributed by atoms with E-state index in [0.717, 1.165) is 13.0 Å². The highest BCUT2D eigenvalue weighted by molar-refractivity contribution is 5.28. The smallest absolute Gasteiger partial charge is 0.287 e. The summed E-state index contributed by atoms with van der Waals surface area (Å²) in [6.07, 6.45) is 4.75. The molecule has 0 radical (unpaired) electrons. The predicted molar refractivity (Wildman–Crippen MR) is 62.0 cm³/mol. The van der Waals surface area contributed by atoms with Crippen LogP contribution in [0, 0.1) is 10.1 Å². The number of pyridine rings is 1. The molecule has 1 atom stereocenters. The molecule has 1 aliphatic heterocycles. The molecule has 1 aliphatic rings. The van der Waals surface area contributed by atoms with Crippen LogP contribution in [0.1, 0.15) is 19.3 Å². The Kier molecular flexibility index (Phi) is 3.87. The van der Waals surface area contributed by atoms with Crippen LogP contribution in [0.25, 0.3) is 0 Å². The van der Waals surface area contributed by atoms with E-state index in [2.05, 4.69) is 10.3 Å². The van der Waals surface area contributed by atoms with Crippen molar-refractivity contribution in [1.29, 1.82) is 0 Å². The van der Waals surface area contributed by atoms with E-state index in [0.29, 0.717) is 18.5 Å². The van der Waals surface area contributed by atoms with Gasteiger partial charge in [-0.2, -0.15) is 0 Å². The number of aromatic nitrogens is 1. The van der Waals surface area contributed by atoms with Gasteiger partial charge in [-0.25, -0.2) is 4.98 Å². The zero-order chi connectivity index (χ0) is 12.1. The Hall–Kier alpha value is -1.69. The van der Waals surface area contributed by atoms with Crippen molar-refractivity contribution in [1.82, 2.24) is 10.3 Å². The second-order valence-corrected chi connectivity index (χ2v) is 4.07. The van der Waals surface area contributed by atoms with Gasteiger partial charge in [0, 0.05) is 18.2 Å². The van der Waals surface area contributed by atoms with Crippen LogP contribution in [-0.4, -0.2) is 29.1 Å². The van der Waals surface area contributed by atoms with Gasteiger partial charge in [-0.15, -0.1) is 0 Å². The van der Waals surface area contributed by atoms with Crippen LogP contribution in [0.15, 0.2) is 18.3 Å². The number of ether oxygens (including phenoxy) is 1. The summed E-state index contributed by atoms with van der Waals surface area (Å²) in [6, 6.07) is 3.29. The summed E-state index contributed by atoms with van der Waals surface area (Å²) in [4.78, 5) is 13.9. The van der Waals surface area contributed by atoms with Gasteiger partial charge < -0.3 is 10.1 Å². The second kappa shape index (κ2) is 5.58.